The molecule has 0 saturated carbocycles. The van der Waals surface area contributed by atoms with Crippen LogP contribution in [0.5, 0.6) is 5.75 Å². The van der Waals surface area contributed by atoms with Gasteiger partial charge in [0, 0.05) is 31.9 Å². The number of hydrogen-bond donors (Lipinski definition) is 1. The van der Waals surface area contributed by atoms with Crippen LogP contribution < -0.4 is 15.0 Å². The average molecular weight is 296 g/mol. The third kappa shape index (κ3) is 3.60. The van der Waals surface area contributed by atoms with Crippen LogP contribution in [0.1, 0.15) is 25.0 Å². The number of nitrogens with zero attached hydrogens (tertiary/aromatic N) is 1. The highest BCUT2D eigenvalue weighted by molar-refractivity contribution is 5.49. The molecule has 116 valence electrons. The molecule has 1 aliphatic rings. The van der Waals surface area contributed by atoms with E-state index in [9.17, 15) is 0 Å². The van der Waals surface area contributed by atoms with Gasteiger partial charge in [0.2, 0.25) is 0 Å². The van der Waals surface area contributed by atoms with E-state index >= 15 is 0 Å². The zero-order chi connectivity index (χ0) is 15.2. The molecule has 22 heavy (non-hydrogen) atoms. The monoisotopic (exact) mass is 296 g/mol. The normalized spacial score (nSPS) is 16.3. The van der Waals surface area contributed by atoms with Crippen molar-refractivity contribution in [2.75, 3.05) is 31.1 Å². The lowest BCUT2D eigenvalue weighted by atomic mass is 10.1. The van der Waals surface area contributed by atoms with Crippen LogP contribution in [0.4, 0.5) is 5.69 Å². The van der Waals surface area contributed by atoms with Gasteiger partial charge >= 0.3 is 0 Å². The molecule has 2 aromatic carbocycles. The van der Waals surface area contributed by atoms with Gasteiger partial charge in [-0.05, 0) is 36.2 Å². The van der Waals surface area contributed by atoms with Crippen LogP contribution in [-0.4, -0.2) is 26.2 Å². The number of hydrogen-bond acceptors (Lipinski definition) is 3. The molecule has 0 amide bonds. The summed E-state index contributed by atoms with van der Waals surface area (Å²) in [5, 5.41) is 3.38. The summed E-state index contributed by atoms with van der Waals surface area (Å²) < 4.78 is 6.16. The van der Waals surface area contributed by atoms with Crippen molar-refractivity contribution in [2.24, 2.45) is 0 Å². The first kappa shape index (κ1) is 14.9. The first-order valence-electron chi connectivity index (χ1n) is 8.14. The van der Waals surface area contributed by atoms with E-state index in [1.54, 1.807) is 0 Å². The highest BCUT2D eigenvalue weighted by Gasteiger charge is 2.12. The first-order valence-corrected chi connectivity index (χ1v) is 8.14. The zero-order valence-electron chi connectivity index (χ0n) is 13.2. The van der Waals surface area contributed by atoms with Crippen LogP contribution in [0, 0.1) is 0 Å². The third-order valence-electron chi connectivity index (χ3n) is 4.14. The van der Waals surface area contributed by atoms with Gasteiger partial charge in [0.15, 0.2) is 0 Å². The molecule has 0 aliphatic carbocycles. The molecule has 1 saturated heterocycles. The van der Waals surface area contributed by atoms with Crippen LogP contribution in [0.25, 0.3) is 0 Å². The molecule has 1 N–H and O–H groups in total. The summed E-state index contributed by atoms with van der Waals surface area (Å²) in [7, 11) is 0. The van der Waals surface area contributed by atoms with Crippen LogP contribution >= 0.6 is 0 Å². The van der Waals surface area contributed by atoms with Crippen LogP contribution in [0.3, 0.4) is 0 Å². The number of rotatable bonds is 5. The molecular weight excluding hydrogens is 272 g/mol. The molecular formula is C19H24N2O. The molecule has 1 atom stereocenters. The minimum absolute atomic E-state index is 0.117. The lowest BCUT2D eigenvalue weighted by molar-refractivity contribution is 0.201. The highest BCUT2D eigenvalue weighted by atomic mass is 16.5. The molecule has 1 heterocycles. The van der Waals surface area contributed by atoms with Gasteiger partial charge in [0.05, 0.1) is 0 Å². The maximum atomic E-state index is 6.16. The molecule has 0 aromatic heterocycles. The molecule has 0 bridgehead atoms. The van der Waals surface area contributed by atoms with Crippen molar-refractivity contribution in [3.8, 4) is 5.75 Å². The van der Waals surface area contributed by atoms with Crippen molar-refractivity contribution >= 4 is 5.69 Å². The largest absolute Gasteiger partial charge is 0.486 e. The molecule has 3 rings (SSSR count). The van der Waals surface area contributed by atoms with E-state index in [-0.39, 0.29) is 6.10 Å². The number of ether oxygens (including phenoxy) is 1. The molecule has 0 radical (unpaired) electrons. The second kappa shape index (κ2) is 7.32. The van der Waals surface area contributed by atoms with Crippen LogP contribution in [-0.2, 0) is 0 Å². The van der Waals surface area contributed by atoms with E-state index in [2.05, 4.69) is 65.7 Å². The predicted octanol–water partition coefficient (Wildman–Crippen LogP) is 3.63. The minimum atomic E-state index is 0.117. The van der Waals surface area contributed by atoms with E-state index in [1.807, 2.05) is 6.07 Å². The van der Waals surface area contributed by atoms with Crippen molar-refractivity contribution in [1.82, 2.24) is 5.32 Å². The SMILES string of the molecule is CCC(Oc1ccc(N2CCNCC2)cc1)c1ccccc1. The fourth-order valence-electron chi connectivity index (χ4n) is 2.88. The van der Waals surface area contributed by atoms with Gasteiger partial charge in [0.1, 0.15) is 11.9 Å². The van der Waals surface area contributed by atoms with Gasteiger partial charge in [-0.2, -0.15) is 0 Å². The van der Waals surface area contributed by atoms with E-state index in [1.165, 1.54) is 11.3 Å². The van der Waals surface area contributed by atoms with Gasteiger partial charge in [-0.15, -0.1) is 0 Å². The Bertz CT molecular complexity index is 562. The van der Waals surface area contributed by atoms with Gasteiger partial charge in [0.25, 0.3) is 0 Å². The number of piperazine rings is 1. The highest BCUT2D eigenvalue weighted by Crippen LogP contribution is 2.26. The molecule has 0 spiro atoms. The van der Waals surface area contributed by atoms with Gasteiger partial charge in [-0.3, -0.25) is 0 Å². The molecule has 1 aliphatic heterocycles. The maximum absolute atomic E-state index is 6.16. The maximum Gasteiger partial charge on any atom is 0.123 e. The van der Waals surface area contributed by atoms with Gasteiger partial charge in [-0.25, -0.2) is 0 Å². The Morgan fingerprint density at radius 1 is 1.00 bits per heavy atom. The average Bonchev–Trinajstić information content (AvgIpc) is 2.62. The Hall–Kier alpha value is -2.00. The fourth-order valence-corrected chi connectivity index (χ4v) is 2.88. The standard InChI is InChI=1S/C19H24N2O/c1-2-19(16-6-4-3-5-7-16)22-18-10-8-17(9-11-18)21-14-12-20-13-15-21/h3-11,19-20H,2,12-15H2,1H3. The van der Waals surface area contributed by atoms with Crippen molar-refractivity contribution in [3.63, 3.8) is 0 Å². The minimum Gasteiger partial charge on any atom is -0.486 e. The van der Waals surface area contributed by atoms with E-state index in [4.69, 9.17) is 4.74 Å². The van der Waals surface area contributed by atoms with Crippen molar-refractivity contribution in [1.29, 1.82) is 0 Å². The van der Waals surface area contributed by atoms with Crippen molar-refractivity contribution in [2.45, 2.75) is 19.4 Å². The molecule has 1 fully saturated rings. The Morgan fingerprint density at radius 2 is 1.68 bits per heavy atom. The second-order valence-corrected chi connectivity index (χ2v) is 5.66. The smallest absolute Gasteiger partial charge is 0.123 e. The first-order chi connectivity index (χ1) is 10.9. The summed E-state index contributed by atoms with van der Waals surface area (Å²) in [6.45, 7) is 6.42. The summed E-state index contributed by atoms with van der Waals surface area (Å²) in [6.07, 6.45) is 1.08. The van der Waals surface area contributed by atoms with Gasteiger partial charge in [-0.1, -0.05) is 37.3 Å². The summed E-state index contributed by atoms with van der Waals surface area (Å²) in [6, 6.07) is 18.9. The summed E-state index contributed by atoms with van der Waals surface area (Å²) in [5.41, 5.74) is 2.51. The van der Waals surface area contributed by atoms with E-state index in [0.717, 1.165) is 38.3 Å². The molecule has 3 heteroatoms. The van der Waals surface area contributed by atoms with Gasteiger partial charge < -0.3 is 15.0 Å². The zero-order valence-corrected chi connectivity index (χ0v) is 13.2. The van der Waals surface area contributed by atoms with Crippen LogP contribution in [0.15, 0.2) is 54.6 Å². The number of anilines is 1. The number of nitrogens with one attached hydrogen (secondary N) is 1. The fraction of sp³-hybridized carbons (Fsp3) is 0.368. The second-order valence-electron chi connectivity index (χ2n) is 5.66. The summed E-state index contributed by atoms with van der Waals surface area (Å²) in [4.78, 5) is 2.41. The molecule has 3 nitrogen and oxygen atoms in total. The van der Waals surface area contributed by atoms with E-state index in [0.29, 0.717) is 0 Å². The molecule has 1 unspecified atom stereocenters. The predicted molar refractivity (Wildman–Crippen MR) is 91.6 cm³/mol. The van der Waals surface area contributed by atoms with Crippen LogP contribution in [0.2, 0.25) is 0 Å². The Labute approximate surface area is 132 Å². The third-order valence-corrected chi connectivity index (χ3v) is 4.14. The number of benzene rings is 2. The Kier molecular flexibility index (Phi) is 4.96. The quantitative estimate of drug-likeness (QED) is 0.912. The summed E-state index contributed by atoms with van der Waals surface area (Å²) in [5.74, 6) is 0.939. The topological polar surface area (TPSA) is 24.5 Å². The Morgan fingerprint density at radius 3 is 2.32 bits per heavy atom. The van der Waals surface area contributed by atoms with E-state index < -0.39 is 0 Å². The molecule has 2 aromatic rings. The van der Waals surface area contributed by atoms with Crippen molar-refractivity contribution in [3.05, 3.63) is 60.2 Å². The lowest BCUT2D eigenvalue weighted by Gasteiger charge is -2.29. The Balaban J connectivity index is 1.67. The lowest BCUT2D eigenvalue weighted by Crippen LogP contribution is -2.43. The summed E-state index contributed by atoms with van der Waals surface area (Å²) >= 11 is 0. The van der Waals surface area contributed by atoms with Crippen molar-refractivity contribution < 1.29 is 4.74 Å².